The van der Waals surface area contributed by atoms with E-state index in [0.717, 1.165) is 18.5 Å². The van der Waals surface area contributed by atoms with Crippen LogP contribution in [0.2, 0.25) is 0 Å². The predicted octanol–water partition coefficient (Wildman–Crippen LogP) is 1.72. The number of piperidine rings is 1. The van der Waals surface area contributed by atoms with Gasteiger partial charge in [-0.05, 0) is 33.3 Å². The molecule has 7 nitrogen and oxygen atoms in total. The second-order valence-electron chi connectivity index (χ2n) is 7.96. The first-order chi connectivity index (χ1) is 11.7. The summed E-state index contributed by atoms with van der Waals surface area (Å²) >= 11 is 0. The highest BCUT2D eigenvalue weighted by Crippen LogP contribution is 2.32. The first kappa shape index (κ1) is 17.8. The SMILES string of the molecule is CC(C)(C)OC(=O)N1CCC2Nc3c(N)cccc3[NH+]([O-])CCC2C1. The van der Waals surface area contributed by atoms with Crippen LogP contribution in [0.4, 0.5) is 21.9 Å². The number of quaternary nitrogens is 1. The number of amides is 1. The van der Waals surface area contributed by atoms with Crippen molar-refractivity contribution >= 4 is 23.2 Å². The fourth-order valence-corrected chi connectivity index (χ4v) is 3.61. The van der Waals surface area contributed by atoms with E-state index < -0.39 is 5.60 Å². The number of hydrogen-bond donors (Lipinski definition) is 3. The molecule has 0 aliphatic carbocycles. The van der Waals surface area contributed by atoms with Gasteiger partial charge in [-0.2, -0.15) is 0 Å². The Labute approximate surface area is 148 Å². The van der Waals surface area contributed by atoms with Crippen molar-refractivity contribution in [3.8, 4) is 0 Å². The maximum Gasteiger partial charge on any atom is 0.410 e. The van der Waals surface area contributed by atoms with E-state index in [1.54, 1.807) is 4.90 Å². The molecule has 1 amide bonds. The van der Waals surface area contributed by atoms with Gasteiger partial charge in [0, 0.05) is 37.5 Å². The van der Waals surface area contributed by atoms with Gasteiger partial charge in [-0.3, -0.25) is 0 Å². The fraction of sp³-hybridized carbons (Fsp3) is 0.611. The average molecular weight is 348 g/mol. The first-order valence-electron chi connectivity index (χ1n) is 8.91. The Balaban J connectivity index is 1.75. The fourth-order valence-electron chi connectivity index (χ4n) is 3.61. The summed E-state index contributed by atoms with van der Waals surface area (Å²) in [6.45, 7) is 7.32. The molecule has 3 unspecified atom stereocenters. The lowest BCUT2D eigenvalue weighted by Gasteiger charge is -2.42. The number of nitrogen functional groups attached to an aromatic ring is 1. The number of nitrogens with two attached hydrogens (primary N) is 1. The molecule has 3 rings (SSSR count). The lowest BCUT2D eigenvalue weighted by atomic mass is 9.88. The highest BCUT2D eigenvalue weighted by atomic mass is 16.6. The number of nitrogens with one attached hydrogen (secondary N) is 2. The van der Waals surface area contributed by atoms with Crippen LogP contribution in [0.15, 0.2) is 18.2 Å². The van der Waals surface area contributed by atoms with Crippen LogP contribution in [0.5, 0.6) is 0 Å². The molecule has 0 radical (unpaired) electrons. The van der Waals surface area contributed by atoms with Crippen LogP contribution in [-0.2, 0) is 4.74 Å². The third-order valence-electron chi connectivity index (χ3n) is 4.85. The predicted molar refractivity (Wildman–Crippen MR) is 97.7 cm³/mol. The van der Waals surface area contributed by atoms with Gasteiger partial charge in [0.2, 0.25) is 0 Å². The largest absolute Gasteiger partial charge is 0.629 e. The minimum absolute atomic E-state index is 0.0997. The van der Waals surface area contributed by atoms with E-state index in [1.807, 2.05) is 39.0 Å². The highest BCUT2D eigenvalue weighted by Gasteiger charge is 2.36. The van der Waals surface area contributed by atoms with E-state index in [9.17, 15) is 10.0 Å². The number of hydroxylamine groups is 1. The number of carbonyl (C=O) groups is 1. The second-order valence-corrected chi connectivity index (χ2v) is 7.96. The minimum Gasteiger partial charge on any atom is -0.629 e. The van der Waals surface area contributed by atoms with Gasteiger partial charge >= 0.3 is 6.09 Å². The monoisotopic (exact) mass is 348 g/mol. The molecule has 138 valence electrons. The molecule has 3 atom stereocenters. The lowest BCUT2D eigenvalue weighted by molar-refractivity contribution is -0.776. The number of fused-ring (bicyclic) bond motifs is 2. The van der Waals surface area contributed by atoms with Crippen molar-refractivity contribution in [2.45, 2.75) is 45.3 Å². The van der Waals surface area contributed by atoms with E-state index in [4.69, 9.17) is 10.5 Å². The number of ether oxygens (including phenoxy) is 1. The maximum atomic E-state index is 12.5. The average Bonchev–Trinajstić information content (AvgIpc) is 2.52. The van der Waals surface area contributed by atoms with Gasteiger partial charge < -0.3 is 31.0 Å². The lowest BCUT2D eigenvalue weighted by Crippen LogP contribution is -3.02. The zero-order valence-electron chi connectivity index (χ0n) is 15.2. The van der Waals surface area contributed by atoms with E-state index in [2.05, 4.69) is 5.32 Å². The standard InChI is InChI=1S/C18H28N4O3/c1-18(2,3)25-17(23)21-9-8-14-12(11-21)7-10-22(24)15-6-4-5-13(19)16(15)20-14/h4-6,12,14,20,22H,7-11,19H2,1-3H3. The van der Waals surface area contributed by atoms with Crippen molar-refractivity contribution in [2.24, 2.45) is 5.92 Å². The summed E-state index contributed by atoms with van der Waals surface area (Å²) in [5.74, 6) is 0.206. The molecular formula is C18H28N4O3. The number of likely N-dealkylation sites (tertiary alicyclic amines) is 1. The van der Waals surface area contributed by atoms with Gasteiger partial charge in [0.05, 0.1) is 12.2 Å². The van der Waals surface area contributed by atoms with Gasteiger partial charge in [0.1, 0.15) is 11.3 Å². The molecule has 0 saturated carbocycles. The molecule has 7 heteroatoms. The second kappa shape index (κ2) is 6.72. The molecule has 25 heavy (non-hydrogen) atoms. The van der Waals surface area contributed by atoms with Crippen molar-refractivity contribution < 1.29 is 14.6 Å². The maximum absolute atomic E-state index is 12.5. The summed E-state index contributed by atoms with van der Waals surface area (Å²) in [5, 5.41) is 16.1. The Hall–Kier alpha value is -1.99. The molecule has 1 aromatic rings. The minimum atomic E-state index is -0.503. The molecule has 1 aromatic carbocycles. The van der Waals surface area contributed by atoms with Crippen LogP contribution >= 0.6 is 0 Å². The topological polar surface area (TPSA) is 95.1 Å². The van der Waals surface area contributed by atoms with E-state index in [0.29, 0.717) is 31.0 Å². The van der Waals surface area contributed by atoms with Crippen LogP contribution in [0.3, 0.4) is 0 Å². The van der Waals surface area contributed by atoms with Crippen LogP contribution in [0.25, 0.3) is 0 Å². The van der Waals surface area contributed by atoms with Crippen LogP contribution in [-0.4, -0.2) is 42.3 Å². The van der Waals surface area contributed by atoms with Crippen LogP contribution in [0, 0.1) is 11.1 Å². The summed E-state index contributed by atoms with van der Waals surface area (Å²) in [7, 11) is 0. The third kappa shape index (κ3) is 3.99. The van der Waals surface area contributed by atoms with Gasteiger partial charge in [-0.25, -0.2) is 4.79 Å². The third-order valence-corrected chi connectivity index (χ3v) is 4.85. The van der Waals surface area contributed by atoms with Gasteiger partial charge in [0.25, 0.3) is 0 Å². The molecule has 2 aliphatic rings. The molecule has 1 fully saturated rings. The quantitative estimate of drug-likeness (QED) is 0.490. The molecule has 4 N–H and O–H groups in total. The van der Waals surface area contributed by atoms with E-state index in [-0.39, 0.29) is 23.1 Å². The zero-order valence-corrected chi connectivity index (χ0v) is 15.2. The molecule has 2 aliphatic heterocycles. The van der Waals surface area contributed by atoms with Crippen molar-refractivity contribution in [1.29, 1.82) is 0 Å². The summed E-state index contributed by atoms with van der Waals surface area (Å²) in [4.78, 5) is 14.1. The van der Waals surface area contributed by atoms with Crippen molar-refractivity contribution in [2.75, 3.05) is 30.7 Å². The summed E-state index contributed by atoms with van der Waals surface area (Å²) in [5.41, 5.74) is 7.60. The number of benzene rings is 1. The highest BCUT2D eigenvalue weighted by molar-refractivity contribution is 5.77. The Morgan fingerprint density at radius 1 is 1.40 bits per heavy atom. The Morgan fingerprint density at radius 3 is 2.88 bits per heavy atom. The van der Waals surface area contributed by atoms with Gasteiger partial charge in [-0.1, -0.05) is 6.07 Å². The summed E-state index contributed by atoms with van der Waals surface area (Å²) in [6.07, 6.45) is 1.29. The summed E-state index contributed by atoms with van der Waals surface area (Å²) in [6, 6.07) is 5.66. The van der Waals surface area contributed by atoms with Crippen molar-refractivity contribution in [3.05, 3.63) is 23.4 Å². The molecule has 0 bridgehead atoms. The normalized spacial score (nSPS) is 26.6. The van der Waals surface area contributed by atoms with Crippen molar-refractivity contribution in [1.82, 2.24) is 4.90 Å². The zero-order chi connectivity index (χ0) is 18.2. The van der Waals surface area contributed by atoms with Gasteiger partial charge in [-0.15, -0.1) is 0 Å². The molecule has 1 saturated heterocycles. The number of hydrogen-bond acceptors (Lipinski definition) is 5. The smallest absolute Gasteiger partial charge is 0.410 e. The first-order valence-corrected chi connectivity index (χ1v) is 8.91. The number of carbonyl (C=O) groups excluding carboxylic acids is 1. The number of rotatable bonds is 0. The number of para-hydroxylation sites is 1. The molecular weight excluding hydrogens is 320 g/mol. The molecule has 2 heterocycles. The molecule has 0 aromatic heterocycles. The summed E-state index contributed by atoms with van der Waals surface area (Å²) < 4.78 is 5.49. The number of nitrogens with zero attached hydrogens (tertiary/aromatic N) is 1. The molecule has 0 spiro atoms. The van der Waals surface area contributed by atoms with Crippen LogP contribution in [0.1, 0.15) is 33.6 Å². The number of anilines is 2. The van der Waals surface area contributed by atoms with Gasteiger partial charge in [0.15, 0.2) is 5.69 Å². The van der Waals surface area contributed by atoms with Crippen molar-refractivity contribution in [3.63, 3.8) is 0 Å². The van der Waals surface area contributed by atoms with Crippen LogP contribution < -0.4 is 16.1 Å². The van der Waals surface area contributed by atoms with E-state index in [1.165, 1.54) is 0 Å². The van der Waals surface area contributed by atoms with E-state index >= 15 is 0 Å². The Kier molecular flexibility index (Phi) is 4.79. The Bertz CT molecular complexity index is 644. The Morgan fingerprint density at radius 2 is 2.16 bits per heavy atom.